The van der Waals surface area contributed by atoms with Gasteiger partial charge in [-0.2, -0.15) is 0 Å². The smallest absolute Gasteiger partial charge is 0.306 e. The van der Waals surface area contributed by atoms with Gasteiger partial charge in [-0.25, -0.2) is 0 Å². The second-order valence-electron chi connectivity index (χ2n) is 17.4. The Morgan fingerprint density at radius 2 is 0.891 bits per heavy atom. The number of benzene rings is 2. The minimum Gasteiger partial charge on any atom is -0.507 e. The zero-order chi connectivity index (χ0) is 34.9. The lowest BCUT2D eigenvalue weighted by atomic mass is 9.78. The molecule has 2 aromatic rings. The molecule has 0 radical (unpaired) electrons. The summed E-state index contributed by atoms with van der Waals surface area (Å²) in [7, 11) is 0. The third-order valence-electron chi connectivity index (χ3n) is 8.70. The molecule has 1 heterocycles. The average molecular weight is 639 g/mol. The molecule has 1 aliphatic heterocycles. The number of aromatic hydroxyl groups is 2. The third kappa shape index (κ3) is 9.49. The summed E-state index contributed by atoms with van der Waals surface area (Å²) in [5.41, 5.74) is 3.91. The van der Waals surface area contributed by atoms with Crippen LogP contribution in [-0.4, -0.2) is 48.6 Å². The van der Waals surface area contributed by atoms with Crippen LogP contribution >= 0.6 is 0 Å². The Morgan fingerprint density at radius 3 is 1.11 bits per heavy atom. The van der Waals surface area contributed by atoms with Crippen molar-refractivity contribution in [3.8, 4) is 11.5 Å². The Bertz CT molecular complexity index is 1230. The number of phenolic OH excluding ortho intramolecular Hbond substituents is 2. The van der Waals surface area contributed by atoms with Gasteiger partial charge in [-0.1, -0.05) is 107 Å². The maximum atomic E-state index is 12.8. The van der Waals surface area contributed by atoms with Crippen LogP contribution in [-0.2, 0) is 58.3 Å². The minimum absolute atomic E-state index is 0.122. The molecule has 0 bridgehead atoms. The summed E-state index contributed by atoms with van der Waals surface area (Å²) >= 11 is 0. The first-order chi connectivity index (χ1) is 20.9. The van der Waals surface area contributed by atoms with E-state index < -0.39 is 5.41 Å². The highest BCUT2D eigenvalue weighted by Crippen LogP contribution is 2.41. The fourth-order valence-electron chi connectivity index (χ4n) is 5.67. The fraction of sp³-hybridized carbons (Fsp3) is 0.641. The van der Waals surface area contributed by atoms with Crippen molar-refractivity contribution in [2.24, 2.45) is 5.41 Å². The van der Waals surface area contributed by atoms with E-state index in [0.29, 0.717) is 37.6 Å². The van der Waals surface area contributed by atoms with Gasteiger partial charge in [-0.05, 0) is 67.9 Å². The molecular formula is C39H58O7. The summed E-state index contributed by atoms with van der Waals surface area (Å²) in [5, 5.41) is 22.0. The predicted octanol–water partition coefficient (Wildman–Crippen LogP) is 7.96. The number of carbonyl (C=O) groups is 2. The van der Waals surface area contributed by atoms with Gasteiger partial charge in [0.2, 0.25) is 0 Å². The molecule has 0 unspecified atom stereocenters. The summed E-state index contributed by atoms with van der Waals surface area (Å²) < 4.78 is 16.8. The van der Waals surface area contributed by atoms with Crippen LogP contribution in [0.1, 0.15) is 129 Å². The number of hydrogen-bond acceptors (Lipinski definition) is 7. The van der Waals surface area contributed by atoms with Gasteiger partial charge in [0.15, 0.2) is 0 Å². The first-order valence-corrected chi connectivity index (χ1v) is 16.6. The molecule has 3 rings (SSSR count). The number of esters is 2. The van der Waals surface area contributed by atoms with Crippen molar-refractivity contribution in [3.05, 3.63) is 57.6 Å². The van der Waals surface area contributed by atoms with Gasteiger partial charge in [-0.3, -0.25) is 9.59 Å². The highest BCUT2D eigenvalue weighted by atomic mass is 16.6. The Kier molecular flexibility index (Phi) is 11.0. The fourth-order valence-corrected chi connectivity index (χ4v) is 5.67. The number of aryl methyl sites for hydroxylation is 2. The minimum atomic E-state index is -0.542. The van der Waals surface area contributed by atoms with E-state index in [2.05, 4.69) is 83.1 Å². The van der Waals surface area contributed by atoms with Crippen molar-refractivity contribution in [1.82, 2.24) is 0 Å². The van der Waals surface area contributed by atoms with E-state index in [0.717, 1.165) is 33.4 Å². The van der Waals surface area contributed by atoms with Gasteiger partial charge >= 0.3 is 11.9 Å². The molecule has 1 saturated heterocycles. The van der Waals surface area contributed by atoms with Gasteiger partial charge in [-0.15, -0.1) is 0 Å². The van der Waals surface area contributed by atoms with Crippen molar-refractivity contribution in [1.29, 1.82) is 0 Å². The van der Waals surface area contributed by atoms with Crippen molar-refractivity contribution < 1.29 is 34.0 Å². The monoisotopic (exact) mass is 638 g/mol. The lowest BCUT2D eigenvalue weighted by molar-refractivity contribution is -0.189. The second kappa shape index (κ2) is 13.6. The van der Waals surface area contributed by atoms with Crippen LogP contribution in [0.5, 0.6) is 11.5 Å². The maximum absolute atomic E-state index is 12.8. The van der Waals surface area contributed by atoms with Crippen LogP contribution in [0.2, 0.25) is 0 Å². The molecule has 256 valence electrons. The van der Waals surface area contributed by atoms with Gasteiger partial charge < -0.3 is 24.4 Å². The summed E-state index contributed by atoms with van der Waals surface area (Å²) in [4.78, 5) is 25.6. The SMILES string of the molecule is CC(C)(C)c1cc(CCC(=O)OCC2(COC(=O)CCc3cc(C(C)(C)C)c(O)c(C(C)(C)C)c3)COC2)cc(C(C)(C)C)c1O. The molecule has 46 heavy (non-hydrogen) atoms. The Balaban J connectivity index is 1.57. The Hall–Kier alpha value is -3.06. The van der Waals surface area contributed by atoms with Crippen molar-refractivity contribution in [2.75, 3.05) is 26.4 Å². The second-order valence-corrected chi connectivity index (χ2v) is 17.4. The van der Waals surface area contributed by atoms with Gasteiger partial charge in [0.25, 0.3) is 0 Å². The molecule has 7 nitrogen and oxygen atoms in total. The zero-order valence-electron chi connectivity index (χ0n) is 30.4. The lowest BCUT2D eigenvalue weighted by Gasteiger charge is -2.39. The number of hydrogen-bond donors (Lipinski definition) is 2. The first kappa shape index (κ1) is 37.4. The van der Waals surface area contributed by atoms with Gasteiger partial charge in [0, 0.05) is 12.8 Å². The molecule has 1 fully saturated rings. The van der Waals surface area contributed by atoms with Crippen LogP contribution < -0.4 is 0 Å². The van der Waals surface area contributed by atoms with E-state index in [1.807, 2.05) is 24.3 Å². The highest BCUT2D eigenvalue weighted by molar-refractivity contribution is 5.70. The normalized spacial score (nSPS) is 15.3. The largest absolute Gasteiger partial charge is 0.507 e. The number of rotatable bonds is 10. The summed E-state index contributed by atoms with van der Waals surface area (Å²) in [6.07, 6.45) is 1.40. The maximum Gasteiger partial charge on any atom is 0.306 e. The van der Waals surface area contributed by atoms with Crippen LogP contribution in [0.3, 0.4) is 0 Å². The molecule has 0 aromatic heterocycles. The third-order valence-corrected chi connectivity index (χ3v) is 8.70. The lowest BCUT2D eigenvalue weighted by Crippen LogP contribution is -2.50. The van der Waals surface area contributed by atoms with Gasteiger partial charge in [0.1, 0.15) is 24.7 Å². The summed E-state index contributed by atoms with van der Waals surface area (Å²) in [6.45, 7) is 25.8. The number of ether oxygens (including phenoxy) is 3. The predicted molar refractivity (Wildman–Crippen MR) is 183 cm³/mol. The molecule has 0 spiro atoms. The molecule has 1 aliphatic rings. The van der Waals surface area contributed by atoms with E-state index in [1.165, 1.54) is 0 Å². The summed E-state index contributed by atoms with van der Waals surface area (Å²) in [6, 6.07) is 7.96. The first-order valence-electron chi connectivity index (χ1n) is 16.6. The van der Waals surface area contributed by atoms with E-state index in [9.17, 15) is 19.8 Å². The summed E-state index contributed by atoms with van der Waals surface area (Å²) in [5.74, 6) is -0.00535. The van der Waals surface area contributed by atoms with E-state index in [1.54, 1.807) is 0 Å². The van der Waals surface area contributed by atoms with Crippen LogP contribution in [0, 0.1) is 5.41 Å². The Morgan fingerprint density at radius 1 is 0.609 bits per heavy atom. The van der Waals surface area contributed by atoms with E-state index in [-0.39, 0.29) is 59.7 Å². The molecule has 0 saturated carbocycles. The van der Waals surface area contributed by atoms with Gasteiger partial charge in [0.05, 0.1) is 18.6 Å². The zero-order valence-corrected chi connectivity index (χ0v) is 30.4. The van der Waals surface area contributed by atoms with Crippen molar-refractivity contribution in [2.45, 2.75) is 130 Å². The molecule has 2 aromatic carbocycles. The molecule has 0 amide bonds. The van der Waals surface area contributed by atoms with Crippen molar-refractivity contribution >= 4 is 11.9 Å². The topological polar surface area (TPSA) is 102 Å². The highest BCUT2D eigenvalue weighted by Gasteiger charge is 2.42. The Labute approximate surface area is 277 Å². The van der Waals surface area contributed by atoms with Crippen molar-refractivity contribution in [3.63, 3.8) is 0 Å². The van der Waals surface area contributed by atoms with Crippen LogP contribution in [0.25, 0.3) is 0 Å². The molecule has 2 N–H and O–H groups in total. The van der Waals surface area contributed by atoms with Crippen LogP contribution in [0.15, 0.2) is 24.3 Å². The molecule has 7 heteroatoms. The van der Waals surface area contributed by atoms with E-state index >= 15 is 0 Å². The standard InChI is InChI=1S/C39H58O7/c1-35(2,3)27-17-25(18-28(33(27)42)36(4,5)6)13-15-31(40)45-23-39(21-44-22-39)24-46-32(41)16-14-26-19-29(37(7,8)9)34(43)30(20-26)38(10,11)12/h17-20,42-43H,13-16,21-24H2,1-12H3. The van der Waals surface area contributed by atoms with Crippen LogP contribution in [0.4, 0.5) is 0 Å². The molecule has 0 aliphatic carbocycles. The quantitative estimate of drug-likeness (QED) is 0.255. The molecular weight excluding hydrogens is 580 g/mol. The average Bonchev–Trinajstić information content (AvgIpc) is 2.88. The number of carbonyl (C=O) groups excluding carboxylic acids is 2. The number of phenols is 2. The molecule has 0 atom stereocenters. The van der Waals surface area contributed by atoms with E-state index in [4.69, 9.17) is 14.2 Å².